The maximum absolute atomic E-state index is 13.0. The molecule has 30 heavy (non-hydrogen) atoms. The number of unbranched alkanes of at least 4 members (excludes halogenated alkanes) is 1. The number of ether oxygens (including phenoxy) is 2. The van der Waals surface area contributed by atoms with Crippen LogP contribution in [-0.4, -0.2) is 22.8 Å². The maximum atomic E-state index is 13.0. The highest BCUT2D eigenvalue weighted by atomic mass is 32.1. The lowest BCUT2D eigenvalue weighted by Crippen LogP contribution is -2.66. The molecular weight excluding hydrogens is 396 g/mol. The van der Waals surface area contributed by atoms with Gasteiger partial charge in [0.2, 0.25) is 0 Å². The Balaban J connectivity index is 1.66. The van der Waals surface area contributed by atoms with E-state index in [1.807, 2.05) is 25.2 Å². The number of carbonyl (C=O) groups excluding carboxylic acids is 2. The van der Waals surface area contributed by atoms with Crippen LogP contribution >= 0.6 is 12.6 Å². The van der Waals surface area contributed by atoms with Gasteiger partial charge in [-0.25, -0.2) is 9.59 Å². The van der Waals surface area contributed by atoms with Gasteiger partial charge in [0.1, 0.15) is 11.9 Å². The molecule has 0 aromatic rings. The first kappa shape index (κ1) is 21.5. The zero-order chi connectivity index (χ0) is 21.5. The van der Waals surface area contributed by atoms with Gasteiger partial charge in [0.05, 0.1) is 15.9 Å². The van der Waals surface area contributed by atoms with Crippen LogP contribution in [0.5, 0.6) is 0 Å². The van der Waals surface area contributed by atoms with Crippen LogP contribution < -0.4 is 0 Å². The third-order valence-corrected chi connectivity index (χ3v) is 7.94. The van der Waals surface area contributed by atoms with Crippen LogP contribution in [0.15, 0.2) is 46.3 Å². The molecular formula is C25H32O4S. The number of rotatable bonds is 6. The minimum atomic E-state index is -0.405. The summed E-state index contributed by atoms with van der Waals surface area (Å²) in [6, 6.07) is 0. The summed E-state index contributed by atoms with van der Waals surface area (Å²) in [5.41, 5.74) is 3.47. The molecule has 0 aromatic carbocycles. The molecule has 0 spiro atoms. The van der Waals surface area contributed by atoms with E-state index in [-0.39, 0.29) is 23.8 Å². The standard InChI is InChI=1S/C25H32O4S/c1-4-6-11-19-17-12-13-18-21(20(17)24(27)28-19)22(25(18,30)14-5-2)29-23(26)16-10-8-7-9-15(16)3/h8,10-11,18,21-22,30H,4-7,9,12-14H2,1-3H3/b19-11-. The summed E-state index contributed by atoms with van der Waals surface area (Å²) in [5.74, 6) is 0.286. The molecule has 0 radical (unpaired) electrons. The van der Waals surface area contributed by atoms with Crippen molar-refractivity contribution >= 4 is 24.6 Å². The second-order valence-corrected chi connectivity index (χ2v) is 9.84. The van der Waals surface area contributed by atoms with Crippen molar-refractivity contribution in [3.8, 4) is 0 Å². The lowest BCUT2D eigenvalue weighted by molar-refractivity contribution is -0.166. The highest BCUT2D eigenvalue weighted by Gasteiger charge is 2.66. The van der Waals surface area contributed by atoms with Gasteiger partial charge in [-0.2, -0.15) is 12.6 Å². The maximum Gasteiger partial charge on any atom is 0.340 e. The molecule has 1 saturated carbocycles. The van der Waals surface area contributed by atoms with E-state index in [0.29, 0.717) is 5.57 Å². The Morgan fingerprint density at radius 2 is 2.13 bits per heavy atom. The minimum Gasteiger partial charge on any atom is -0.457 e. The molecule has 4 rings (SSSR count). The highest BCUT2D eigenvalue weighted by Crippen LogP contribution is 2.62. The summed E-state index contributed by atoms with van der Waals surface area (Å²) in [4.78, 5) is 25.9. The zero-order valence-corrected chi connectivity index (χ0v) is 19.1. The van der Waals surface area contributed by atoms with Gasteiger partial charge in [-0.15, -0.1) is 0 Å². The predicted molar refractivity (Wildman–Crippen MR) is 120 cm³/mol. The Hall–Kier alpha value is -1.75. The van der Waals surface area contributed by atoms with E-state index in [9.17, 15) is 9.59 Å². The van der Waals surface area contributed by atoms with Crippen LogP contribution in [0.3, 0.4) is 0 Å². The fourth-order valence-electron chi connectivity index (χ4n) is 5.62. The molecule has 0 saturated heterocycles. The van der Waals surface area contributed by atoms with E-state index in [2.05, 4.69) is 13.8 Å². The van der Waals surface area contributed by atoms with Crippen LogP contribution in [0.25, 0.3) is 0 Å². The van der Waals surface area contributed by atoms with Crippen LogP contribution in [0, 0.1) is 11.8 Å². The van der Waals surface area contributed by atoms with E-state index in [0.717, 1.165) is 73.8 Å². The first-order valence-corrected chi connectivity index (χ1v) is 11.8. The van der Waals surface area contributed by atoms with E-state index in [4.69, 9.17) is 22.1 Å². The third-order valence-electron chi connectivity index (χ3n) is 7.13. The van der Waals surface area contributed by atoms with Gasteiger partial charge in [0, 0.05) is 11.5 Å². The smallest absolute Gasteiger partial charge is 0.340 e. The number of thiol groups is 1. The van der Waals surface area contributed by atoms with Gasteiger partial charge in [0.15, 0.2) is 0 Å². The molecule has 0 amide bonds. The van der Waals surface area contributed by atoms with Crippen LogP contribution in [-0.2, 0) is 19.1 Å². The zero-order valence-electron chi connectivity index (χ0n) is 18.2. The molecule has 1 fully saturated rings. The number of hydrogen-bond donors (Lipinski definition) is 1. The predicted octanol–water partition coefficient (Wildman–Crippen LogP) is 5.61. The van der Waals surface area contributed by atoms with Crippen molar-refractivity contribution in [1.29, 1.82) is 0 Å². The third kappa shape index (κ3) is 3.39. The molecule has 0 aromatic heterocycles. The van der Waals surface area contributed by atoms with Crippen molar-refractivity contribution < 1.29 is 19.1 Å². The van der Waals surface area contributed by atoms with Crippen molar-refractivity contribution in [3.05, 3.63) is 46.3 Å². The summed E-state index contributed by atoms with van der Waals surface area (Å²) in [6.45, 7) is 6.23. The lowest BCUT2D eigenvalue weighted by atomic mass is 9.53. The molecule has 0 N–H and O–H groups in total. The minimum absolute atomic E-state index is 0.116. The van der Waals surface area contributed by atoms with Crippen LogP contribution in [0.2, 0.25) is 0 Å². The highest BCUT2D eigenvalue weighted by molar-refractivity contribution is 7.82. The average molecular weight is 429 g/mol. The van der Waals surface area contributed by atoms with E-state index in [1.165, 1.54) is 0 Å². The van der Waals surface area contributed by atoms with Gasteiger partial charge < -0.3 is 9.47 Å². The molecule has 162 valence electrons. The Morgan fingerprint density at radius 3 is 2.83 bits per heavy atom. The SMILES string of the molecule is CCC/C=C1\OC(=O)C2=C1CCC1C2C(OC(=O)C2=C(C)CCC=C2)C1(S)CCC. The van der Waals surface area contributed by atoms with Gasteiger partial charge in [-0.1, -0.05) is 44.4 Å². The van der Waals surface area contributed by atoms with Crippen molar-refractivity contribution in [2.75, 3.05) is 0 Å². The Morgan fingerprint density at radius 1 is 1.33 bits per heavy atom. The fourth-order valence-corrected chi connectivity index (χ4v) is 6.34. The summed E-state index contributed by atoms with van der Waals surface area (Å²) in [5, 5.41) is 0. The number of cyclic esters (lactones) is 1. The Labute approximate surface area is 184 Å². The Bertz CT molecular complexity index is 878. The van der Waals surface area contributed by atoms with Gasteiger partial charge in [-0.05, 0) is 57.4 Å². The molecule has 5 heteroatoms. The summed E-state index contributed by atoms with van der Waals surface area (Å²) in [6.07, 6.45) is 12.8. The van der Waals surface area contributed by atoms with Crippen molar-refractivity contribution in [2.45, 2.75) is 83.0 Å². The molecule has 4 nitrogen and oxygen atoms in total. The van der Waals surface area contributed by atoms with Crippen LogP contribution in [0.1, 0.15) is 72.1 Å². The second-order valence-electron chi connectivity index (χ2n) is 9.01. The molecule has 4 aliphatic rings. The fraction of sp³-hybridized carbons (Fsp3) is 0.600. The van der Waals surface area contributed by atoms with Crippen molar-refractivity contribution in [1.82, 2.24) is 0 Å². The van der Waals surface area contributed by atoms with E-state index >= 15 is 0 Å². The molecule has 3 aliphatic carbocycles. The van der Waals surface area contributed by atoms with Crippen molar-refractivity contribution in [2.24, 2.45) is 11.8 Å². The first-order valence-electron chi connectivity index (χ1n) is 11.4. The monoisotopic (exact) mass is 428 g/mol. The first-order chi connectivity index (χ1) is 14.4. The number of fused-ring (bicyclic) bond motifs is 2. The number of carbonyl (C=O) groups is 2. The largest absolute Gasteiger partial charge is 0.457 e. The summed E-state index contributed by atoms with van der Waals surface area (Å²) < 4.78 is 11.4. The number of allylic oxidation sites excluding steroid dienone is 4. The molecule has 1 heterocycles. The van der Waals surface area contributed by atoms with Crippen molar-refractivity contribution in [3.63, 3.8) is 0 Å². The van der Waals surface area contributed by atoms with Gasteiger partial charge >= 0.3 is 11.9 Å². The summed E-state index contributed by atoms with van der Waals surface area (Å²) in [7, 11) is 0. The molecule has 1 aliphatic heterocycles. The normalized spacial score (nSPS) is 33.9. The number of hydrogen-bond acceptors (Lipinski definition) is 5. The van der Waals surface area contributed by atoms with E-state index in [1.54, 1.807) is 0 Å². The molecule has 4 unspecified atom stereocenters. The lowest BCUT2D eigenvalue weighted by Gasteiger charge is -2.59. The second kappa shape index (κ2) is 8.41. The van der Waals surface area contributed by atoms with Gasteiger partial charge in [-0.3, -0.25) is 0 Å². The van der Waals surface area contributed by atoms with Crippen LogP contribution in [0.4, 0.5) is 0 Å². The Kier molecular flexibility index (Phi) is 6.02. The average Bonchev–Trinajstić information content (AvgIpc) is 3.05. The molecule has 0 bridgehead atoms. The topological polar surface area (TPSA) is 52.6 Å². The summed E-state index contributed by atoms with van der Waals surface area (Å²) >= 11 is 5.07. The van der Waals surface area contributed by atoms with Gasteiger partial charge in [0.25, 0.3) is 0 Å². The van der Waals surface area contributed by atoms with E-state index < -0.39 is 10.9 Å². The quantitative estimate of drug-likeness (QED) is 0.441. The number of esters is 2. The molecule has 4 atom stereocenters.